The van der Waals surface area contributed by atoms with Crippen molar-refractivity contribution in [3.63, 3.8) is 0 Å². The predicted molar refractivity (Wildman–Crippen MR) is 81.9 cm³/mol. The zero-order valence-electron chi connectivity index (χ0n) is 12.1. The molecule has 0 aliphatic carbocycles. The number of amides is 1. The lowest BCUT2D eigenvalue weighted by molar-refractivity contribution is 0.0694. The van der Waals surface area contributed by atoms with Crippen molar-refractivity contribution < 1.29 is 17.6 Å². The zero-order chi connectivity index (χ0) is 16.4. The van der Waals surface area contributed by atoms with E-state index in [0.717, 1.165) is 6.07 Å². The lowest BCUT2D eigenvalue weighted by Gasteiger charge is -2.27. The number of rotatable bonds is 5. The van der Waals surface area contributed by atoms with Crippen LogP contribution in [0.3, 0.4) is 0 Å². The zero-order valence-corrected chi connectivity index (χ0v) is 14.5. The Morgan fingerprint density at radius 2 is 2.00 bits per heavy atom. The maximum atomic E-state index is 14.3. The highest BCUT2D eigenvalue weighted by atomic mass is 79.9. The van der Waals surface area contributed by atoms with Crippen molar-refractivity contribution in [1.29, 1.82) is 0 Å². The van der Waals surface area contributed by atoms with E-state index in [4.69, 9.17) is 5.14 Å². The Balaban J connectivity index is 3.44. The molecule has 5 nitrogen and oxygen atoms in total. The molecule has 0 saturated heterocycles. The highest BCUT2D eigenvalue weighted by Crippen LogP contribution is 2.25. The molecule has 1 aromatic rings. The highest BCUT2D eigenvalue weighted by molar-refractivity contribution is 9.10. The summed E-state index contributed by atoms with van der Waals surface area (Å²) in [6.07, 6.45) is 0.706. The molecule has 1 atom stereocenters. The summed E-state index contributed by atoms with van der Waals surface area (Å²) in [5.74, 6) is -1.68. The van der Waals surface area contributed by atoms with Gasteiger partial charge < -0.3 is 4.90 Å². The Morgan fingerprint density at radius 1 is 1.43 bits per heavy atom. The quantitative estimate of drug-likeness (QED) is 0.851. The fourth-order valence-corrected chi connectivity index (χ4v) is 3.22. The number of nitrogens with two attached hydrogens (primary N) is 1. The first-order valence-corrected chi connectivity index (χ1v) is 8.80. The molecule has 1 aromatic carbocycles. The molecule has 21 heavy (non-hydrogen) atoms. The minimum absolute atomic E-state index is 0.0844. The Kier molecular flexibility index (Phi) is 5.89. The van der Waals surface area contributed by atoms with E-state index in [1.165, 1.54) is 11.0 Å². The molecular formula is C13H18BrFN2O3S. The van der Waals surface area contributed by atoms with Crippen LogP contribution in [0.15, 0.2) is 21.5 Å². The number of sulfonamides is 1. The van der Waals surface area contributed by atoms with Gasteiger partial charge in [0.1, 0.15) is 4.90 Å². The highest BCUT2D eigenvalue weighted by Gasteiger charge is 2.26. The average molecular weight is 381 g/mol. The number of nitrogens with zero attached hydrogens (tertiary/aromatic N) is 1. The van der Waals surface area contributed by atoms with E-state index in [2.05, 4.69) is 15.9 Å². The summed E-state index contributed by atoms with van der Waals surface area (Å²) in [6, 6.07) is 2.22. The number of primary sulfonamides is 1. The van der Waals surface area contributed by atoms with Gasteiger partial charge in [-0.05, 0) is 32.4 Å². The van der Waals surface area contributed by atoms with Crippen molar-refractivity contribution in [3.05, 3.63) is 28.0 Å². The second-order valence-electron chi connectivity index (χ2n) is 4.66. The van der Waals surface area contributed by atoms with Gasteiger partial charge in [0.05, 0.1) is 5.56 Å². The van der Waals surface area contributed by atoms with E-state index < -0.39 is 26.6 Å². The fourth-order valence-electron chi connectivity index (χ4n) is 1.96. The molecule has 0 aliphatic rings. The third kappa shape index (κ3) is 4.02. The normalized spacial score (nSPS) is 13.0. The van der Waals surface area contributed by atoms with Gasteiger partial charge in [0, 0.05) is 17.1 Å². The Labute approximate surface area is 132 Å². The van der Waals surface area contributed by atoms with E-state index in [9.17, 15) is 17.6 Å². The van der Waals surface area contributed by atoms with Crippen LogP contribution in [-0.2, 0) is 10.0 Å². The van der Waals surface area contributed by atoms with Crippen LogP contribution in [-0.4, -0.2) is 31.8 Å². The molecule has 0 spiro atoms. The van der Waals surface area contributed by atoms with Gasteiger partial charge >= 0.3 is 0 Å². The molecule has 8 heteroatoms. The minimum atomic E-state index is -4.25. The molecule has 0 aliphatic heterocycles. The lowest BCUT2D eigenvalue weighted by atomic mass is 10.1. The smallest absolute Gasteiger partial charge is 0.257 e. The Bertz CT molecular complexity index is 649. The van der Waals surface area contributed by atoms with Crippen molar-refractivity contribution in [1.82, 2.24) is 4.90 Å². The van der Waals surface area contributed by atoms with Crippen LogP contribution < -0.4 is 5.14 Å². The summed E-state index contributed by atoms with van der Waals surface area (Å²) in [4.78, 5) is 13.2. The second kappa shape index (κ2) is 6.85. The van der Waals surface area contributed by atoms with Crippen molar-refractivity contribution in [2.24, 2.45) is 5.14 Å². The van der Waals surface area contributed by atoms with Crippen LogP contribution in [0, 0.1) is 5.82 Å². The van der Waals surface area contributed by atoms with E-state index in [-0.39, 0.29) is 16.1 Å². The van der Waals surface area contributed by atoms with Crippen molar-refractivity contribution in [2.75, 3.05) is 6.54 Å². The van der Waals surface area contributed by atoms with E-state index >= 15 is 0 Å². The van der Waals surface area contributed by atoms with Gasteiger partial charge in [0.2, 0.25) is 10.0 Å². The summed E-state index contributed by atoms with van der Waals surface area (Å²) in [5, 5.41) is 4.98. The number of carbonyl (C=O) groups excluding carboxylic acids is 1. The van der Waals surface area contributed by atoms with Gasteiger partial charge in [-0.3, -0.25) is 4.79 Å². The van der Waals surface area contributed by atoms with Crippen LogP contribution >= 0.6 is 15.9 Å². The molecule has 1 rings (SSSR count). The van der Waals surface area contributed by atoms with Crippen LogP contribution in [0.25, 0.3) is 0 Å². The summed E-state index contributed by atoms with van der Waals surface area (Å²) in [7, 11) is -4.25. The largest absolute Gasteiger partial charge is 0.336 e. The maximum absolute atomic E-state index is 14.3. The van der Waals surface area contributed by atoms with Crippen molar-refractivity contribution in [2.45, 2.75) is 38.1 Å². The number of hydrogen-bond donors (Lipinski definition) is 1. The first kappa shape index (κ1) is 18.1. The Morgan fingerprint density at radius 3 is 2.43 bits per heavy atom. The molecule has 0 radical (unpaired) electrons. The average Bonchev–Trinajstić information content (AvgIpc) is 2.40. The molecule has 0 aromatic heterocycles. The molecule has 1 amide bonds. The van der Waals surface area contributed by atoms with Gasteiger partial charge in [-0.25, -0.2) is 17.9 Å². The molecule has 2 N–H and O–H groups in total. The van der Waals surface area contributed by atoms with Gasteiger partial charge in [0.25, 0.3) is 5.91 Å². The van der Waals surface area contributed by atoms with Crippen LogP contribution in [0.1, 0.15) is 37.6 Å². The van der Waals surface area contributed by atoms with Gasteiger partial charge in [-0.1, -0.05) is 22.9 Å². The van der Waals surface area contributed by atoms with Gasteiger partial charge in [0.15, 0.2) is 5.82 Å². The third-order valence-corrected chi connectivity index (χ3v) is 4.63. The van der Waals surface area contributed by atoms with Crippen LogP contribution in [0.4, 0.5) is 4.39 Å². The summed E-state index contributed by atoms with van der Waals surface area (Å²) in [5.41, 5.74) is -0.310. The summed E-state index contributed by atoms with van der Waals surface area (Å²) in [6.45, 7) is 5.93. The SMILES string of the molecule is CCC(C)N(CC)C(=O)c1cc(Br)cc(S(N)(=O)=O)c1F. The fraction of sp³-hybridized carbons (Fsp3) is 0.462. The van der Waals surface area contributed by atoms with E-state index in [1.807, 2.05) is 13.8 Å². The standard InChI is InChI=1S/C13H18BrFN2O3S/c1-4-8(3)17(5-2)13(18)10-6-9(14)7-11(12(10)15)21(16,19)20/h6-8H,4-5H2,1-3H3,(H2,16,19,20). The number of hydrogen-bond acceptors (Lipinski definition) is 3. The maximum Gasteiger partial charge on any atom is 0.257 e. The molecule has 1 unspecified atom stereocenters. The molecule has 0 fully saturated rings. The summed E-state index contributed by atoms with van der Waals surface area (Å²) >= 11 is 3.08. The number of halogens is 2. The van der Waals surface area contributed by atoms with Crippen molar-refractivity contribution in [3.8, 4) is 0 Å². The monoisotopic (exact) mass is 380 g/mol. The van der Waals surface area contributed by atoms with Crippen molar-refractivity contribution >= 4 is 31.9 Å². The second-order valence-corrected chi connectivity index (χ2v) is 7.10. The number of carbonyl (C=O) groups is 1. The molecular weight excluding hydrogens is 363 g/mol. The number of benzene rings is 1. The third-order valence-electron chi connectivity index (χ3n) is 3.27. The van der Waals surface area contributed by atoms with Crippen LogP contribution in [0.2, 0.25) is 0 Å². The van der Waals surface area contributed by atoms with E-state index in [0.29, 0.717) is 13.0 Å². The molecule has 0 heterocycles. The lowest BCUT2D eigenvalue weighted by Crippen LogP contribution is -2.38. The van der Waals surface area contributed by atoms with Gasteiger partial charge in [-0.2, -0.15) is 0 Å². The topological polar surface area (TPSA) is 80.5 Å². The molecule has 0 bridgehead atoms. The predicted octanol–water partition coefficient (Wildman–Crippen LogP) is 2.50. The molecule has 118 valence electrons. The minimum Gasteiger partial charge on any atom is -0.336 e. The van der Waals surface area contributed by atoms with E-state index in [1.54, 1.807) is 6.92 Å². The van der Waals surface area contributed by atoms with Crippen LogP contribution in [0.5, 0.6) is 0 Å². The first-order chi connectivity index (χ1) is 9.63. The Hall–Kier alpha value is -0.990. The van der Waals surface area contributed by atoms with Gasteiger partial charge in [-0.15, -0.1) is 0 Å². The molecule has 0 saturated carbocycles. The summed E-state index contributed by atoms with van der Waals surface area (Å²) < 4.78 is 37.4. The first-order valence-electron chi connectivity index (χ1n) is 6.46.